The zero-order valence-electron chi connectivity index (χ0n) is 15.4. The number of aromatic nitrogens is 6. The molecular weight excluding hydrogens is 420 g/mol. The number of pyridine rings is 1. The standard InChI is InChI=1S/C20H17BrN6O/c1-12-5-6-25(19(28)7-12)10-18-23-20-15-8-14(21)3-4-16(15)26-11-22-13(2)17(26)9-27(20)24-18/h3-8,11H,9-10H2,1-2H3. The lowest BCUT2D eigenvalue weighted by atomic mass is 10.1. The molecule has 0 aliphatic carbocycles. The van der Waals surface area contributed by atoms with Crippen molar-refractivity contribution in [2.24, 2.45) is 0 Å². The van der Waals surface area contributed by atoms with Crippen LogP contribution in [0.1, 0.15) is 22.8 Å². The zero-order valence-corrected chi connectivity index (χ0v) is 17.0. The molecule has 4 heterocycles. The molecule has 0 spiro atoms. The van der Waals surface area contributed by atoms with Gasteiger partial charge in [0.15, 0.2) is 11.6 Å². The average Bonchev–Trinajstić information content (AvgIpc) is 3.19. The van der Waals surface area contributed by atoms with Crippen LogP contribution in [0.2, 0.25) is 0 Å². The second-order valence-electron chi connectivity index (χ2n) is 6.99. The van der Waals surface area contributed by atoms with Crippen LogP contribution in [0.3, 0.4) is 0 Å². The van der Waals surface area contributed by atoms with Crippen molar-refractivity contribution in [2.45, 2.75) is 26.9 Å². The molecule has 1 aliphatic rings. The van der Waals surface area contributed by atoms with Crippen molar-refractivity contribution in [3.8, 4) is 17.1 Å². The highest BCUT2D eigenvalue weighted by atomic mass is 79.9. The Labute approximate surface area is 169 Å². The maximum atomic E-state index is 12.2. The third-order valence-corrected chi connectivity index (χ3v) is 5.51. The van der Waals surface area contributed by atoms with Crippen molar-refractivity contribution in [2.75, 3.05) is 0 Å². The molecule has 5 rings (SSSR count). The number of rotatable bonds is 2. The largest absolute Gasteiger partial charge is 0.308 e. The van der Waals surface area contributed by atoms with Gasteiger partial charge in [0.1, 0.15) is 0 Å². The summed E-state index contributed by atoms with van der Waals surface area (Å²) in [6.45, 7) is 4.81. The van der Waals surface area contributed by atoms with Gasteiger partial charge in [-0.1, -0.05) is 15.9 Å². The molecule has 3 aromatic heterocycles. The number of benzene rings is 1. The minimum atomic E-state index is -0.0536. The third-order valence-electron chi connectivity index (χ3n) is 5.01. The molecule has 0 atom stereocenters. The fraction of sp³-hybridized carbons (Fsp3) is 0.200. The Morgan fingerprint density at radius 2 is 2.04 bits per heavy atom. The number of hydrogen-bond acceptors (Lipinski definition) is 4. The first-order valence-electron chi connectivity index (χ1n) is 8.93. The van der Waals surface area contributed by atoms with E-state index in [9.17, 15) is 4.79 Å². The van der Waals surface area contributed by atoms with Crippen LogP contribution in [-0.2, 0) is 13.1 Å². The smallest absolute Gasteiger partial charge is 0.251 e. The summed E-state index contributed by atoms with van der Waals surface area (Å²) in [4.78, 5) is 21.5. The molecule has 0 unspecified atom stereocenters. The van der Waals surface area contributed by atoms with Crippen LogP contribution in [0.15, 0.2) is 52.1 Å². The van der Waals surface area contributed by atoms with Crippen molar-refractivity contribution in [1.82, 2.24) is 28.9 Å². The Morgan fingerprint density at radius 1 is 1.18 bits per heavy atom. The second kappa shape index (κ2) is 6.27. The first-order valence-corrected chi connectivity index (χ1v) is 9.73. The van der Waals surface area contributed by atoms with Gasteiger partial charge in [0.2, 0.25) is 0 Å². The van der Waals surface area contributed by atoms with Crippen molar-refractivity contribution in [3.05, 3.63) is 80.5 Å². The highest BCUT2D eigenvalue weighted by Crippen LogP contribution is 2.33. The van der Waals surface area contributed by atoms with Crippen molar-refractivity contribution in [3.63, 3.8) is 0 Å². The summed E-state index contributed by atoms with van der Waals surface area (Å²) in [5, 5.41) is 4.71. The lowest BCUT2D eigenvalue weighted by Gasteiger charge is -2.09. The van der Waals surface area contributed by atoms with E-state index in [-0.39, 0.29) is 5.56 Å². The SMILES string of the molecule is Cc1ccn(Cc2nc3n(n2)Cc2c(C)ncn2-c2ccc(Br)cc2-3)c(=O)c1. The van der Waals surface area contributed by atoms with E-state index in [2.05, 4.69) is 31.5 Å². The predicted octanol–water partition coefficient (Wildman–Crippen LogP) is 3.08. The first kappa shape index (κ1) is 17.1. The maximum Gasteiger partial charge on any atom is 0.251 e. The molecule has 8 heteroatoms. The minimum absolute atomic E-state index is 0.0536. The van der Waals surface area contributed by atoms with E-state index in [4.69, 9.17) is 10.1 Å². The van der Waals surface area contributed by atoms with Gasteiger partial charge in [-0.3, -0.25) is 4.79 Å². The van der Waals surface area contributed by atoms with Gasteiger partial charge in [-0.15, -0.1) is 0 Å². The number of hydrogen-bond donors (Lipinski definition) is 0. The first-order chi connectivity index (χ1) is 13.5. The molecular formula is C20H17BrN6O. The van der Waals surface area contributed by atoms with Crippen LogP contribution in [-0.4, -0.2) is 28.9 Å². The molecule has 4 aromatic rings. The number of nitrogens with zero attached hydrogens (tertiary/aromatic N) is 6. The molecule has 0 saturated carbocycles. The Morgan fingerprint density at radius 3 is 2.86 bits per heavy atom. The van der Waals surface area contributed by atoms with Crippen molar-refractivity contribution < 1.29 is 0 Å². The molecule has 0 amide bonds. The summed E-state index contributed by atoms with van der Waals surface area (Å²) >= 11 is 3.56. The Kier molecular flexibility index (Phi) is 3.83. The van der Waals surface area contributed by atoms with Gasteiger partial charge in [0.25, 0.3) is 5.56 Å². The topological polar surface area (TPSA) is 70.5 Å². The average molecular weight is 437 g/mol. The fourth-order valence-corrected chi connectivity index (χ4v) is 3.92. The molecule has 0 fully saturated rings. The van der Waals surface area contributed by atoms with Gasteiger partial charge in [0, 0.05) is 22.3 Å². The van der Waals surface area contributed by atoms with E-state index in [1.807, 2.05) is 43.1 Å². The van der Waals surface area contributed by atoms with Crippen LogP contribution in [0.5, 0.6) is 0 Å². The van der Waals surface area contributed by atoms with Gasteiger partial charge in [-0.25, -0.2) is 14.6 Å². The van der Waals surface area contributed by atoms with E-state index in [0.717, 1.165) is 38.5 Å². The van der Waals surface area contributed by atoms with E-state index in [0.29, 0.717) is 18.9 Å². The molecule has 0 radical (unpaired) electrons. The van der Waals surface area contributed by atoms with E-state index < -0.39 is 0 Å². The molecule has 1 aromatic carbocycles. The highest BCUT2D eigenvalue weighted by molar-refractivity contribution is 9.10. The number of imidazole rings is 1. The zero-order chi connectivity index (χ0) is 19.4. The molecule has 28 heavy (non-hydrogen) atoms. The van der Waals surface area contributed by atoms with E-state index in [1.54, 1.807) is 16.8 Å². The number of fused-ring (bicyclic) bond motifs is 5. The van der Waals surface area contributed by atoms with Gasteiger partial charge < -0.3 is 9.13 Å². The number of halogens is 1. The summed E-state index contributed by atoms with van der Waals surface area (Å²) in [7, 11) is 0. The quantitative estimate of drug-likeness (QED) is 0.426. The lowest BCUT2D eigenvalue weighted by molar-refractivity contribution is 0.641. The van der Waals surface area contributed by atoms with Crippen molar-refractivity contribution in [1.29, 1.82) is 0 Å². The van der Waals surface area contributed by atoms with Crippen LogP contribution in [0.4, 0.5) is 0 Å². The van der Waals surface area contributed by atoms with E-state index >= 15 is 0 Å². The lowest BCUT2D eigenvalue weighted by Crippen LogP contribution is -2.20. The van der Waals surface area contributed by atoms with Crippen LogP contribution in [0.25, 0.3) is 17.1 Å². The summed E-state index contributed by atoms with van der Waals surface area (Å²) in [6, 6.07) is 9.64. The summed E-state index contributed by atoms with van der Waals surface area (Å²) < 4.78 is 6.59. The monoisotopic (exact) mass is 436 g/mol. The summed E-state index contributed by atoms with van der Waals surface area (Å²) in [6.07, 6.45) is 3.63. The van der Waals surface area contributed by atoms with Gasteiger partial charge >= 0.3 is 0 Å². The van der Waals surface area contributed by atoms with Gasteiger partial charge in [-0.2, -0.15) is 5.10 Å². The molecule has 0 saturated heterocycles. The molecule has 0 bridgehead atoms. The molecule has 1 aliphatic heterocycles. The Bertz CT molecular complexity index is 1280. The molecule has 0 N–H and O–H groups in total. The van der Waals surface area contributed by atoms with Gasteiger partial charge in [0.05, 0.1) is 36.5 Å². The van der Waals surface area contributed by atoms with Gasteiger partial charge in [-0.05, 0) is 43.7 Å². The third kappa shape index (κ3) is 2.72. The van der Waals surface area contributed by atoms with Crippen LogP contribution in [0, 0.1) is 13.8 Å². The fourth-order valence-electron chi connectivity index (χ4n) is 3.56. The molecule has 140 valence electrons. The second-order valence-corrected chi connectivity index (χ2v) is 7.90. The van der Waals surface area contributed by atoms with Crippen LogP contribution < -0.4 is 5.56 Å². The maximum absolute atomic E-state index is 12.2. The Hall–Kier alpha value is -3.00. The summed E-state index contributed by atoms with van der Waals surface area (Å²) in [5.74, 6) is 1.40. The highest BCUT2D eigenvalue weighted by Gasteiger charge is 2.24. The molecule has 7 nitrogen and oxygen atoms in total. The predicted molar refractivity (Wildman–Crippen MR) is 109 cm³/mol. The van der Waals surface area contributed by atoms with E-state index in [1.165, 1.54) is 0 Å². The summed E-state index contributed by atoms with van der Waals surface area (Å²) in [5.41, 5.74) is 4.92. The number of aryl methyl sites for hydroxylation is 2. The normalized spacial score (nSPS) is 12.2. The van der Waals surface area contributed by atoms with Crippen LogP contribution >= 0.6 is 15.9 Å². The Balaban J connectivity index is 1.65. The minimum Gasteiger partial charge on any atom is -0.308 e. The van der Waals surface area contributed by atoms with Crippen molar-refractivity contribution >= 4 is 15.9 Å².